The van der Waals surface area contributed by atoms with Crippen LogP contribution >= 0.6 is 11.6 Å². The summed E-state index contributed by atoms with van der Waals surface area (Å²) in [5.74, 6) is 0.884. The molecule has 0 aromatic heterocycles. The molecule has 0 atom stereocenters. The average Bonchev–Trinajstić information content (AvgIpc) is 2.19. The van der Waals surface area contributed by atoms with Gasteiger partial charge in [0.25, 0.3) is 0 Å². The highest BCUT2D eigenvalue weighted by molar-refractivity contribution is 6.33. The molecular weight excluding hydrogens is 206 g/mol. The van der Waals surface area contributed by atoms with Gasteiger partial charge in [0, 0.05) is 7.05 Å². The number of hydrogen-bond acceptors (Lipinski definition) is 1. The summed E-state index contributed by atoms with van der Waals surface area (Å²) in [6.45, 7) is 6.64. The van der Waals surface area contributed by atoms with Crippen molar-refractivity contribution >= 4 is 17.3 Å². The van der Waals surface area contributed by atoms with Gasteiger partial charge in [-0.25, -0.2) is 0 Å². The number of nitrogens with one attached hydrogen (secondary N) is 1. The van der Waals surface area contributed by atoms with Gasteiger partial charge in [-0.2, -0.15) is 0 Å². The first-order valence-corrected chi connectivity index (χ1v) is 5.41. The van der Waals surface area contributed by atoms with Crippen molar-refractivity contribution in [3.05, 3.63) is 29.3 Å². The first kappa shape index (κ1) is 16.7. The van der Waals surface area contributed by atoms with Crippen LogP contribution in [0.5, 0.6) is 0 Å². The van der Waals surface area contributed by atoms with Crippen LogP contribution in [0.4, 0.5) is 5.69 Å². The van der Waals surface area contributed by atoms with Crippen LogP contribution in [0.3, 0.4) is 0 Å². The first-order chi connectivity index (χ1) is 6.61. The van der Waals surface area contributed by atoms with Crippen molar-refractivity contribution in [2.45, 2.75) is 34.6 Å². The minimum Gasteiger partial charge on any atom is -0.387 e. The van der Waals surface area contributed by atoms with Gasteiger partial charge in [-0.15, -0.1) is 0 Å². The molecule has 0 aliphatic rings. The summed E-state index contributed by atoms with van der Waals surface area (Å²) in [5, 5.41) is 3.73. The van der Waals surface area contributed by atoms with Gasteiger partial charge >= 0.3 is 0 Å². The number of benzene rings is 1. The standard InChI is InChI=1S/C7H8ClN.C5H12.CH4/c1-9-7-5-3-2-4-6(7)8;1-4-5(2)3;/h2-5,9H,1H3;5H,4H2,1-3H3;1H4. The van der Waals surface area contributed by atoms with E-state index in [0.29, 0.717) is 0 Å². The van der Waals surface area contributed by atoms with Gasteiger partial charge < -0.3 is 5.32 Å². The topological polar surface area (TPSA) is 12.0 Å². The maximum Gasteiger partial charge on any atom is 0.0637 e. The second-order valence-corrected chi connectivity index (χ2v) is 3.94. The molecule has 2 heteroatoms. The third-order valence-corrected chi connectivity index (χ3v) is 2.29. The van der Waals surface area contributed by atoms with Gasteiger partial charge in [-0.1, -0.05) is 58.4 Å². The van der Waals surface area contributed by atoms with E-state index in [1.54, 1.807) is 0 Å². The number of para-hydroxylation sites is 1. The molecule has 0 fully saturated rings. The molecule has 0 aliphatic carbocycles. The molecule has 0 spiro atoms. The fourth-order valence-electron chi connectivity index (χ4n) is 0.664. The maximum absolute atomic E-state index is 5.76. The molecule has 1 N–H and O–H groups in total. The van der Waals surface area contributed by atoms with Gasteiger partial charge in [0.05, 0.1) is 10.7 Å². The Morgan fingerprint density at radius 3 is 2.00 bits per heavy atom. The predicted octanol–water partition coefficient (Wildman–Crippen LogP) is 5.07. The van der Waals surface area contributed by atoms with Gasteiger partial charge in [-0.05, 0) is 18.1 Å². The fourth-order valence-corrected chi connectivity index (χ4v) is 0.894. The van der Waals surface area contributed by atoms with Crippen molar-refractivity contribution in [1.82, 2.24) is 0 Å². The average molecular weight is 230 g/mol. The molecule has 0 aliphatic heterocycles. The molecule has 1 rings (SSSR count). The van der Waals surface area contributed by atoms with E-state index in [2.05, 4.69) is 26.1 Å². The minimum absolute atomic E-state index is 0. The quantitative estimate of drug-likeness (QED) is 0.747. The van der Waals surface area contributed by atoms with E-state index in [9.17, 15) is 0 Å². The summed E-state index contributed by atoms with van der Waals surface area (Å²) in [6.07, 6.45) is 1.31. The summed E-state index contributed by atoms with van der Waals surface area (Å²) >= 11 is 5.76. The lowest BCUT2D eigenvalue weighted by Gasteiger charge is -1.99. The van der Waals surface area contributed by atoms with Crippen molar-refractivity contribution in [2.75, 3.05) is 12.4 Å². The lowest BCUT2D eigenvalue weighted by molar-refractivity contribution is 0.626. The lowest BCUT2D eigenvalue weighted by Crippen LogP contribution is -1.86. The zero-order chi connectivity index (χ0) is 11.0. The Bertz CT molecular complexity index is 246. The smallest absolute Gasteiger partial charge is 0.0637 e. The van der Waals surface area contributed by atoms with Gasteiger partial charge in [0.1, 0.15) is 0 Å². The van der Waals surface area contributed by atoms with Gasteiger partial charge in [0.15, 0.2) is 0 Å². The number of anilines is 1. The zero-order valence-corrected chi connectivity index (χ0v) is 10.2. The normalized spacial score (nSPS) is 8.67. The monoisotopic (exact) mass is 229 g/mol. The fraction of sp³-hybridized carbons (Fsp3) is 0.538. The van der Waals surface area contributed by atoms with Gasteiger partial charge in [-0.3, -0.25) is 0 Å². The Morgan fingerprint density at radius 2 is 1.73 bits per heavy atom. The molecule has 0 bridgehead atoms. The molecule has 0 radical (unpaired) electrons. The van der Waals surface area contributed by atoms with E-state index < -0.39 is 0 Å². The number of rotatable bonds is 2. The van der Waals surface area contributed by atoms with Crippen LogP contribution in [0.2, 0.25) is 5.02 Å². The Balaban J connectivity index is 0. The SMILES string of the molecule is C.CCC(C)C.CNc1ccccc1Cl. The molecule has 0 saturated heterocycles. The maximum atomic E-state index is 5.76. The Labute approximate surface area is 99.9 Å². The number of halogens is 1. The highest BCUT2D eigenvalue weighted by Gasteiger charge is 1.91. The third kappa shape index (κ3) is 8.31. The van der Waals surface area contributed by atoms with Crippen LogP contribution in [0.15, 0.2) is 24.3 Å². The molecule has 0 unspecified atom stereocenters. The molecule has 0 heterocycles. The van der Waals surface area contributed by atoms with Crippen LogP contribution in [-0.4, -0.2) is 7.05 Å². The summed E-state index contributed by atoms with van der Waals surface area (Å²) in [4.78, 5) is 0. The first-order valence-electron chi connectivity index (χ1n) is 5.04. The van der Waals surface area contributed by atoms with E-state index in [0.717, 1.165) is 16.6 Å². The molecular formula is C13H24ClN. The highest BCUT2D eigenvalue weighted by Crippen LogP contribution is 2.18. The lowest BCUT2D eigenvalue weighted by atomic mass is 10.2. The van der Waals surface area contributed by atoms with E-state index >= 15 is 0 Å². The Hall–Kier alpha value is -0.690. The molecule has 0 saturated carbocycles. The van der Waals surface area contributed by atoms with Crippen molar-refractivity contribution in [1.29, 1.82) is 0 Å². The molecule has 88 valence electrons. The number of hydrogen-bond donors (Lipinski definition) is 1. The summed E-state index contributed by atoms with van der Waals surface area (Å²) in [5.41, 5.74) is 0.971. The minimum atomic E-state index is 0. The van der Waals surface area contributed by atoms with Crippen LogP contribution < -0.4 is 5.32 Å². The van der Waals surface area contributed by atoms with Gasteiger partial charge in [0.2, 0.25) is 0 Å². The molecule has 0 amide bonds. The van der Waals surface area contributed by atoms with Crippen LogP contribution in [0.25, 0.3) is 0 Å². The molecule has 1 aromatic rings. The molecule has 15 heavy (non-hydrogen) atoms. The third-order valence-electron chi connectivity index (χ3n) is 1.96. The van der Waals surface area contributed by atoms with Crippen molar-refractivity contribution < 1.29 is 0 Å². The zero-order valence-electron chi connectivity index (χ0n) is 9.47. The van der Waals surface area contributed by atoms with E-state index in [1.807, 2.05) is 31.3 Å². The second-order valence-electron chi connectivity index (χ2n) is 3.53. The molecule has 1 aromatic carbocycles. The highest BCUT2D eigenvalue weighted by atomic mass is 35.5. The van der Waals surface area contributed by atoms with Crippen LogP contribution in [0.1, 0.15) is 34.6 Å². The second kappa shape index (κ2) is 9.85. The van der Waals surface area contributed by atoms with Crippen molar-refractivity contribution in [3.8, 4) is 0 Å². The Morgan fingerprint density at radius 1 is 1.27 bits per heavy atom. The Kier molecular flexibility index (Phi) is 11.0. The van der Waals surface area contributed by atoms with E-state index in [-0.39, 0.29) is 7.43 Å². The summed E-state index contributed by atoms with van der Waals surface area (Å²) in [6, 6.07) is 7.64. The summed E-state index contributed by atoms with van der Waals surface area (Å²) in [7, 11) is 1.85. The van der Waals surface area contributed by atoms with Crippen molar-refractivity contribution in [2.24, 2.45) is 5.92 Å². The predicted molar refractivity (Wildman–Crippen MR) is 72.9 cm³/mol. The van der Waals surface area contributed by atoms with Crippen molar-refractivity contribution in [3.63, 3.8) is 0 Å². The largest absolute Gasteiger partial charge is 0.387 e. The van der Waals surface area contributed by atoms with E-state index in [4.69, 9.17) is 11.6 Å². The summed E-state index contributed by atoms with van der Waals surface area (Å²) < 4.78 is 0. The molecule has 1 nitrogen and oxygen atoms in total. The van der Waals surface area contributed by atoms with Crippen LogP contribution in [-0.2, 0) is 0 Å². The van der Waals surface area contributed by atoms with E-state index in [1.165, 1.54) is 6.42 Å². The van der Waals surface area contributed by atoms with Crippen LogP contribution in [0, 0.1) is 5.92 Å².